The van der Waals surface area contributed by atoms with Gasteiger partial charge in [0, 0.05) is 36.4 Å². The summed E-state index contributed by atoms with van der Waals surface area (Å²) in [6.07, 6.45) is 3.56. The molecule has 1 N–H and O–H groups in total. The molecule has 0 bridgehead atoms. The van der Waals surface area contributed by atoms with E-state index in [-0.39, 0.29) is 11.8 Å². The average molecular weight is 321 g/mol. The second kappa shape index (κ2) is 6.55. The van der Waals surface area contributed by atoms with Crippen molar-refractivity contribution in [2.75, 3.05) is 26.3 Å². The van der Waals surface area contributed by atoms with Gasteiger partial charge in [-0.3, -0.25) is 14.9 Å². The lowest BCUT2D eigenvalue weighted by Crippen LogP contribution is -2.39. The summed E-state index contributed by atoms with van der Waals surface area (Å²) in [7, 11) is 0. The van der Waals surface area contributed by atoms with E-state index in [1.54, 1.807) is 18.5 Å². The predicted octanol–water partition coefficient (Wildman–Crippen LogP) is 2.76. The van der Waals surface area contributed by atoms with E-state index in [2.05, 4.69) is 14.9 Å². The van der Waals surface area contributed by atoms with Crippen molar-refractivity contribution in [1.82, 2.24) is 14.9 Å². The third kappa shape index (κ3) is 2.84. The molecule has 0 saturated carbocycles. The number of benzene rings is 1. The van der Waals surface area contributed by atoms with Gasteiger partial charge in [0.1, 0.15) is 5.75 Å². The highest BCUT2D eigenvalue weighted by Crippen LogP contribution is 2.36. The maximum Gasteiger partial charge on any atom is 0.121 e. The number of hydrogen-bond donors (Lipinski definition) is 1. The first-order chi connectivity index (χ1) is 11.8. The Kier molecular flexibility index (Phi) is 4.11. The molecule has 1 saturated heterocycles. The highest BCUT2D eigenvalue weighted by Gasteiger charge is 2.27. The zero-order chi connectivity index (χ0) is 16.4. The molecule has 1 fully saturated rings. The maximum absolute atomic E-state index is 10.7. The molecule has 1 atom stereocenters. The van der Waals surface area contributed by atoms with Crippen LogP contribution in [0.1, 0.15) is 17.3 Å². The van der Waals surface area contributed by atoms with Crippen LogP contribution in [-0.4, -0.2) is 46.3 Å². The fourth-order valence-electron chi connectivity index (χ4n) is 3.26. The number of fused-ring (bicyclic) bond motifs is 1. The number of aromatic nitrogens is 2. The summed E-state index contributed by atoms with van der Waals surface area (Å²) in [5, 5.41) is 11.6. The second-order valence-corrected chi connectivity index (χ2v) is 5.91. The minimum Gasteiger partial charge on any atom is -0.508 e. The fraction of sp³-hybridized carbons (Fsp3) is 0.263. The molecule has 3 aromatic rings. The molecule has 24 heavy (non-hydrogen) atoms. The number of aromatic hydroxyl groups is 1. The van der Waals surface area contributed by atoms with Gasteiger partial charge in [-0.1, -0.05) is 12.1 Å². The first-order valence-electron chi connectivity index (χ1n) is 8.13. The number of ether oxygens (including phenoxy) is 1. The van der Waals surface area contributed by atoms with E-state index in [1.165, 1.54) is 0 Å². The van der Waals surface area contributed by atoms with Gasteiger partial charge in [-0.25, -0.2) is 0 Å². The van der Waals surface area contributed by atoms with Crippen molar-refractivity contribution in [2.45, 2.75) is 6.04 Å². The third-order valence-corrected chi connectivity index (χ3v) is 4.42. The van der Waals surface area contributed by atoms with Gasteiger partial charge in [0.15, 0.2) is 0 Å². The molecule has 0 amide bonds. The minimum atomic E-state index is -0.110. The number of nitrogens with zero attached hydrogens (tertiary/aromatic N) is 3. The molecule has 2 aromatic heterocycles. The Morgan fingerprint density at radius 1 is 1.00 bits per heavy atom. The van der Waals surface area contributed by atoms with Crippen molar-refractivity contribution in [3.8, 4) is 5.75 Å². The molecule has 1 aromatic carbocycles. The molecule has 3 heterocycles. The zero-order valence-corrected chi connectivity index (χ0v) is 13.3. The highest BCUT2D eigenvalue weighted by molar-refractivity contribution is 5.81. The molecule has 122 valence electrons. The van der Waals surface area contributed by atoms with Gasteiger partial charge in [-0.05, 0) is 30.3 Å². The molecule has 5 nitrogen and oxygen atoms in total. The van der Waals surface area contributed by atoms with Gasteiger partial charge in [0.2, 0.25) is 0 Å². The molecular formula is C19H19N3O2. The molecule has 0 aliphatic carbocycles. The Hall–Kier alpha value is -2.50. The van der Waals surface area contributed by atoms with Crippen LogP contribution in [0.25, 0.3) is 10.9 Å². The normalized spacial score (nSPS) is 17.0. The molecule has 5 heteroatoms. The quantitative estimate of drug-likeness (QED) is 0.804. The monoisotopic (exact) mass is 321 g/mol. The Morgan fingerprint density at radius 2 is 1.83 bits per heavy atom. The summed E-state index contributed by atoms with van der Waals surface area (Å²) in [4.78, 5) is 11.3. The SMILES string of the molecule is Oc1cc2cccnc2cc1C(c1ccccn1)N1CCOCC1. The average Bonchev–Trinajstić information content (AvgIpc) is 2.64. The van der Waals surface area contributed by atoms with E-state index in [1.807, 2.05) is 36.4 Å². The van der Waals surface area contributed by atoms with Gasteiger partial charge in [-0.15, -0.1) is 0 Å². The number of phenols is 1. The Balaban J connectivity index is 1.85. The van der Waals surface area contributed by atoms with Gasteiger partial charge in [0.05, 0.1) is 30.5 Å². The van der Waals surface area contributed by atoms with Crippen LogP contribution in [0.5, 0.6) is 5.75 Å². The van der Waals surface area contributed by atoms with Crippen molar-refractivity contribution in [3.05, 3.63) is 66.1 Å². The summed E-state index contributed by atoms with van der Waals surface area (Å²) >= 11 is 0. The summed E-state index contributed by atoms with van der Waals surface area (Å²) in [6, 6.07) is 13.4. The van der Waals surface area contributed by atoms with Crippen LogP contribution >= 0.6 is 0 Å². The standard InChI is InChI=1S/C19H19N3O2/c23-18-12-14-4-3-7-21-17(14)13-15(18)19(16-5-1-2-6-20-16)22-8-10-24-11-9-22/h1-7,12-13,19,23H,8-11H2. The number of phenolic OH excluding ortho intramolecular Hbond substituents is 1. The lowest BCUT2D eigenvalue weighted by Gasteiger charge is -2.34. The van der Waals surface area contributed by atoms with Crippen LogP contribution < -0.4 is 0 Å². The van der Waals surface area contributed by atoms with Crippen molar-refractivity contribution >= 4 is 10.9 Å². The molecule has 1 aliphatic heterocycles. The van der Waals surface area contributed by atoms with Crippen LogP contribution in [0.4, 0.5) is 0 Å². The number of morpholine rings is 1. The smallest absolute Gasteiger partial charge is 0.121 e. The van der Waals surface area contributed by atoms with E-state index in [9.17, 15) is 5.11 Å². The van der Waals surface area contributed by atoms with Crippen LogP contribution in [0.3, 0.4) is 0 Å². The first kappa shape index (κ1) is 15.1. The van der Waals surface area contributed by atoms with Gasteiger partial charge >= 0.3 is 0 Å². The third-order valence-electron chi connectivity index (χ3n) is 4.42. The lowest BCUT2D eigenvalue weighted by atomic mass is 9.98. The van der Waals surface area contributed by atoms with Crippen LogP contribution in [0.2, 0.25) is 0 Å². The Morgan fingerprint density at radius 3 is 2.62 bits per heavy atom. The summed E-state index contributed by atoms with van der Waals surface area (Å²) in [6.45, 7) is 2.99. The largest absolute Gasteiger partial charge is 0.508 e. The second-order valence-electron chi connectivity index (χ2n) is 5.91. The van der Waals surface area contributed by atoms with Crippen molar-refractivity contribution in [1.29, 1.82) is 0 Å². The number of pyridine rings is 2. The van der Waals surface area contributed by atoms with Crippen LogP contribution in [0, 0.1) is 0 Å². The molecule has 0 radical (unpaired) electrons. The molecule has 1 aliphatic rings. The van der Waals surface area contributed by atoms with Crippen LogP contribution in [-0.2, 0) is 4.74 Å². The van der Waals surface area contributed by atoms with Crippen molar-refractivity contribution in [3.63, 3.8) is 0 Å². The number of rotatable bonds is 3. The van der Waals surface area contributed by atoms with E-state index < -0.39 is 0 Å². The van der Waals surface area contributed by atoms with Gasteiger partial charge in [-0.2, -0.15) is 0 Å². The predicted molar refractivity (Wildman–Crippen MR) is 91.9 cm³/mol. The summed E-state index contributed by atoms with van der Waals surface area (Å²) < 4.78 is 5.49. The van der Waals surface area contributed by atoms with E-state index in [0.29, 0.717) is 13.2 Å². The molecule has 4 rings (SSSR count). The Bertz CT molecular complexity index is 832. The zero-order valence-electron chi connectivity index (χ0n) is 13.3. The molecule has 0 spiro atoms. The molecule has 1 unspecified atom stereocenters. The molecular weight excluding hydrogens is 302 g/mol. The van der Waals surface area contributed by atoms with Gasteiger partial charge < -0.3 is 9.84 Å². The first-order valence-corrected chi connectivity index (χ1v) is 8.13. The van der Waals surface area contributed by atoms with Crippen molar-refractivity contribution in [2.24, 2.45) is 0 Å². The number of hydrogen-bond acceptors (Lipinski definition) is 5. The minimum absolute atomic E-state index is 0.110. The Labute approximate surface area is 140 Å². The van der Waals surface area contributed by atoms with Crippen molar-refractivity contribution < 1.29 is 9.84 Å². The van der Waals surface area contributed by atoms with Crippen LogP contribution in [0.15, 0.2) is 54.9 Å². The summed E-state index contributed by atoms with van der Waals surface area (Å²) in [5.41, 5.74) is 2.63. The fourth-order valence-corrected chi connectivity index (χ4v) is 3.26. The van der Waals surface area contributed by atoms with E-state index >= 15 is 0 Å². The van der Waals surface area contributed by atoms with E-state index in [4.69, 9.17) is 4.74 Å². The van der Waals surface area contributed by atoms with Gasteiger partial charge in [0.25, 0.3) is 0 Å². The maximum atomic E-state index is 10.7. The lowest BCUT2D eigenvalue weighted by molar-refractivity contribution is 0.0228. The summed E-state index contributed by atoms with van der Waals surface area (Å²) in [5.74, 6) is 0.276. The highest BCUT2D eigenvalue weighted by atomic mass is 16.5. The topological polar surface area (TPSA) is 58.5 Å². The van der Waals surface area contributed by atoms with E-state index in [0.717, 1.165) is 35.2 Å².